The summed E-state index contributed by atoms with van der Waals surface area (Å²) in [5.74, 6) is -0.0597. The predicted molar refractivity (Wildman–Crippen MR) is 71.1 cm³/mol. The van der Waals surface area contributed by atoms with Gasteiger partial charge in [0.05, 0.1) is 10.2 Å². The van der Waals surface area contributed by atoms with Gasteiger partial charge in [-0.3, -0.25) is 4.79 Å². The standard InChI is InChI=1S/C13H16N2OS/c1-4-12(16)14-13-15(5-2)10-7-6-9(3)8-11(10)17-13/h6-8H,4-5H2,1-3H3. The van der Waals surface area contributed by atoms with E-state index in [0.717, 1.165) is 16.9 Å². The molecule has 0 N–H and O–H groups in total. The molecule has 0 unspecified atom stereocenters. The van der Waals surface area contributed by atoms with Gasteiger partial charge >= 0.3 is 0 Å². The van der Waals surface area contributed by atoms with E-state index in [1.165, 1.54) is 10.3 Å². The molecule has 1 aromatic carbocycles. The highest BCUT2D eigenvalue weighted by Crippen LogP contribution is 2.18. The number of thiazole rings is 1. The second-order valence-electron chi connectivity index (χ2n) is 3.96. The van der Waals surface area contributed by atoms with Crippen molar-refractivity contribution in [2.24, 2.45) is 4.99 Å². The fourth-order valence-electron chi connectivity index (χ4n) is 1.76. The number of nitrogens with zero attached hydrogens (tertiary/aromatic N) is 2. The lowest BCUT2D eigenvalue weighted by molar-refractivity contribution is -0.117. The van der Waals surface area contributed by atoms with Gasteiger partial charge in [0.25, 0.3) is 0 Å². The highest BCUT2D eigenvalue weighted by Gasteiger charge is 2.05. The largest absolute Gasteiger partial charge is 0.317 e. The SMILES string of the molecule is CCC(=O)N=c1sc2cc(C)ccc2n1CC. The topological polar surface area (TPSA) is 34.4 Å². The second-order valence-corrected chi connectivity index (χ2v) is 4.97. The maximum absolute atomic E-state index is 11.4. The first-order valence-corrected chi connectivity index (χ1v) is 6.65. The fraction of sp³-hybridized carbons (Fsp3) is 0.385. The molecule has 0 spiro atoms. The number of hydrogen-bond acceptors (Lipinski definition) is 2. The number of rotatable bonds is 2. The Balaban J connectivity index is 2.72. The lowest BCUT2D eigenvalue weighted by Gasteiger charge is -1.99. The van der Waals surface area contributed by atoms with Crippen LogP contribution in [0.3, 0.4) is 0 Å². The van der Waals surface area contributed by atoms with E-state index in [-0.39, 0.29) is 5.91 Å². The molecular formula is C13H16N2OS. The predicted octanol–water partition coefficient (Wildman–Crippen LogP) is 2.87. The van der Waals surface area contributed by atoms with Gasteiger partial charge in [-0.2, -0.15) is 4.99 Å². The van der Waals surface area contributed by atoms with E-state index in [1.54, 1.807) is 11.3 Å². The van der Waals surface area contributed by atoms with Crippen LogP contribution in [0, 0.1) is 6.92 Å². The van der Waals surface area contributed by atoms with Crippen LogP contribution in [0.15, 0.2) is 23.2 Å². The molecule has 0 aliphatic heterocycles. The van der Waals surface area contributed by atoms with Gasteiger partial charge in [0.1, 0.15) is 0 Å². The van der Waals surface area contributed by atoms with Crippen LogP contribution in [0.25, 0.3) is 10.2 Å². The lowest BCUT2D eigenvalue weighted by atomic mass is 10.2. The van der Waals surface area contributed by atoms with Crippen LogP contribution >= 0.6 is 11.3 Å². The van der Waals surface area contributed by atoms with Gasteiger partial charge in [-0.05, 0) is 31.5 Å². The Hall–Kier alpha value is -1.42. The highest BCUT2D eigenvalue weighted by molar-refractivity contribution is 7.16. The molecule has 2 rings (SSSR count). The van der Waals surface area contributed by atoms with Gasteiger partial charge in [0, 0.05) is 13.0 Å². The summed E-state index contributed by atoms with van der Waals surface area (Å²) in [7, 11) is 0. The summed E-state index contributed by atoms with van der Waals surface area (Å²) in [6, 6.07) is 6.33. The number of fused-ring (bicyclic) bond motifs is 1. The van der Waals surface area contributed by atoms with Crippen molar-refractivity contribution < 1.29 is 4.79 Å². The quantitative estimate of drug-likeness (QED) is 0.804. The van der Waals surface area contributed by atoms with Crippen molar-refractivity contribution in [1.29, 1.82) is 0 Å². The molecule has 0 saturated heterocycles. The van der Waals surface area contributed by atoms with Crippen molar-refractivity contribution in [3.05, 3.63) is 28.6 Å². The zero-order chi connectivity index (χ0) is 12.4. The van der Waals surface area contributed by atoms with E-state index in [2.05, 4.69) is 41.6 Å². The van der Waals surface area contributed by atoms with E-state index in [1.807, 2.05) is 6.92 Å². The third kappa shape index (κ3) is 2.31. The molecule has 90 valence electrons. The Morgan fingerprint density at radius 1 is 1.41 bits per heavy atom. The van der Waals surface area contributed by atoms with E-state index < -0.39 is 0 Å². The van der Waals surface area contributed by atoms with Crippen molar-refractivity contribution >= 4 is 27.5 Å². The normalized spacial score (nSPS) is 12.3. The number of benzene rings is 1. The molecule has 0 saturated carbocycles. The van der Waals surface area contributed by atoms with E-state index in [4.69, 9.17) is 0 Å². The minimum Gasteiger partial charge on any atom is -0.317 e. The van der Waals surface area contributed by atoms with Crippen LogP contribution in [0.1, 0.15) is 25.8 Å². The second kappa shape index (κ2) is 4.84. The molecule has 2 aromatic rings. The number of amides is 1. The molecule has 17 heavy (non-hydrogen) atoms. The molecule has 1 aromatic heterocycles. The van der Waals surface area contributed by atoms with Gasteiger partial charge in [-0.1, -0.05) is 24.3 Å². The Morgan fingerprint density at radius 2 is 2.18 bits per heavy atom. The first kappa shape index (κ1) is 12.0. The van der Waals surface area contributed by atoms with E-state index in [9.17, 15) is 4.79 Å². The molecule has 3 nitrogen and oxygen atoms in total. The summed E-state index contributed by atoms with van der Waals surface area (Å²) >= 11 is 1.58. The number of carbonyl (C=O) groups excluding carboxylic acids is 1. The van der Waals surface area contributed by atoms with Crippen molar-refractivity contribution in [3.63, 3.8) is 0 Å². The summed E-state index contributed by atoms with van der Waals surface area (Å²) in [6.07, 6.45) is 0.455. The fourth-order valence-corrected chi connectivity index (χ4v) is 2.97. The van der Waals surface area contributed by atoms with Gasteiger partial charge in [0.2, 0.25) is 5.91 Å². The van der Waals surface area contributed by atoms with Crippen LogP contribution in [-0.4, -0.2) is 10.5 Å². The van der Waals surface area contributed by atoms with Crippen LogP contribution in [0.2, 0.25) is 0 Å². The minimum atomic E-state index is -0.0597. The van der Waals surface area contributed by atoms with Crippen molar-refractivity contribution in [3.8, 4) is 0 Å². The van der Waals surface area contributed by atoms with Crippen LogP contribution in [0.5, 0.6) is 0 Å². The van der Waals surface area contributed by atoms with Crippen molar-refractivity contribution in [2.45, 2.75) is 33.7 Å². The molecule has 0 aliphatic carbocycles. The first-order valence-electron chi connectivity index (χ1n) is 5.83. The number of aromatic nitrogens is 1. The van der Waals surface area contributed by atoms with Crippen molar-refractivity contribution in [1.82, 2.24) is 4.57 Å². The summed E-state index contributed by atoms with van der Waals surface area (Å²) in [4.78, 5) is 16.4. The van der Waals surface area contributed by atoms with Crippen molar-refractivity contribution in [2.75, 3.05) is 0 Å². The van der Waals surface area contributed by atoms with Gasteiger partial charge < -0.3 is 4.57 Å². The van der Waals surface area contributed by atoms with Crippen LogP contribution in [0.4, 0.5) is 0 Å². The van der Waals surface area contributed by atoms with Crippen LogP contribution in [-0.2, 0) is 11.3 Å². The van der Waals surface area contributed by atoms with Crippen LogP contribution < -0.4 is 4.80 Å². The molecule has 0 fully saturated rings. The Kier molecular flexibility index (Phi) is 3.43. The molecule has 4 heteroatoms. The molecule has 0 atom stereocenters. The molecular weight excluding hydrogens is 232 g/mol. The smallest absolute Gasteiger partial charge is 0.248 e. The average molecular weight is 248 g/mol. The Labute approximate surface area is 104 Å². The van der Waals surface area contributed by atoms with Gasteiger partial charge in [0.15, 0.2) is 4.80 Å². The maximum Gasteiger partial charge on any atom is 0.248 e. The Bertz CT molecular complexity index is 622. The van der Waals surface area contributed by atoms with E-state index in [0.29, 0.717) is 6.42 Å². The number of aryl methyl sites for hydroxylation is 2. The van der Waals surface area contributed by atoms with Gasteiger partial charge in [-0.15, -0.1) is 0 Å². The summed E-state index contributed by atoms with van der Waals surface area (Å²) in [6.45, 7) is 6.81. The third-order valence-corrected chi connectivity index (χ3v) is 3.72. The summed E-state index contributed by atoms with van der Waals surface area (Å²) in [5, 5.41) is 0. The van der Waals surface area contributed by atoms with E-state index >= 15 is 0 Å². The monoisotopic (exact) mass is 248 g/mol. The van der Waals surface area contributed by atoms with Gasteiger partial charge in [-0.25, -0.2) is 0 Å². The zero-order valence-corrected chi connectivity index (χ0v) is 11.2. The third-order valence-electron chi connectivity index (χ3n) is 2.68. The molecule has 1 heterocycles. The Morgan fingerprint density at radius 3 is 2.82 bits per heavy atom. The number of carbonyl (C=O) groups is 1. The summed E-state index contributed by atoms with van der Waals surface area (Å²) < 4.78 is 3.28. The summed E-state index contributed by atoms with van der Waals surface area (Å²) in [5.41, 5.74) is 2.39. The number of hydrogen-bond donors (Lipinski definition) is 0. The average Bonchev–Trinajstić information content (AvgIpc) is 2.64. The lowest BCUT2D eigenvalue weighted by Crippen LogP contribution is -2.15. The molecule has 0 radical (unpaired) electrons. The molecule has 0 aliphatic rings. The minimum absolute atomic E-state index is 0.0597. The highest BCUT2D eigenvalue weighted by atomic mass is 32.1. The first-order chi connectivity index (χ1) is 8.15. The molecule has 0 bridgehead atoms. The zero-order valence-electron chi connectivity index (χ0n) is 10.4. The molecule has 1 amide bonds. The maximum atomic E-state index is 11.4.